The van der Waals surface area contributed by atoms with Gasteiger partial charge in [-0.05, 0) is 49.4 Å². The van der Waals surface area contributed by atoms with Crippen molar-refractivity contribution in [1.29, 1.82) is 0 Å². The highest BCUT2D eigenvalue weighted by atomic mass is 35.5. The number of halogens is 2. The highest BCUT2D eigenvalue weighted by Crippen LogP contribution is 2.31. The van der Waals surface area contributed by atoms with Gasteiger partial charge in [-0.2, -0.15) is 0 Å². The Hall–Kier alpha value is -3.28. The van der Waals surface area contributed by atoms with E-state index in [1.807, 2.05) is 19.1 Å². The number of nitrogens with one attached hydrogen (secondary N) is 2. The van der Waals surface area contributed by atoms with E-state index in [2.05, 4.69) is 17.2 Å². The van der Waals surface area contributed by atoms with Crippen LogP contribution >= 0.6 is 23.2 Å². The molecular formula is C24H20Cl2N2O3. The summed E-state index contributed by atoms with van der Waals surface area (Å²) in [7, 11) is 0. The summed E-state index contributed by atoms with van der Waals surface area (Å²) in [5.74, 6) is -0.00651. The van der Waals surface area contributed by atoms with Gasteiger partial charge >= 0.3 is 0 Å². The van der Waals surface area contributed by atoms with Crippen molar-refractivity contribution in [3.63, 3.8) is 0 Å². The van der Waals surface area contributed by atoms with Crippen LogP contribution in [-0.2, 0) is 4.79 Å². The fourth-order valence-corrected chi connectivity index (χ4v) is 3.23. The number of hydrogen-bond donors (Lipinski definition) is 2. The SMILES string of the molecule is C=CCNC(=O)/C(=C/c1ccc(-c2ccc(Cl)cc2Cl)o1)NC(=O)c1ccc(C)cc1. The third-order valence-corrected chi connectivity index (χ3v) is 4.87. The van der Waals surface area contributed by atoms with Crippen LogP contribution in [-0.4, -0.2) is 18.4 Å². The third kappa shape index (κ3) is 5.87. The van der Waals surface area contributed by atoms with Gasteiger partial charge in [0.05, 0.1) is 5.02 Å². The molecule has 2 N–H and O–H groups in total. The molecule has 0 aliphatic carbocycles. The standard InChI is InChI=1S/C24H20Cl2N2O3/c1-3-12-27-24(30)21(28-23(29)16-6-4-15(2)5-7-16)14-18-9-11-22(31-18)19-10-8-17(25)13-20(19)26/h3-11,13-14H,1,12H2,2H3,(H,27,30)(H,28,29)/b21-14-. The maximum Gasteiger partial charge on any atom is 0.268 e. The highest BCUT2D eigenvalue weighted by Gasteiger charge is 2.16. The molecule has 0 bridgehead atoms. The third-order valence-electron chi connectivity index (χ3n) is 4.32. The molecule has 0 aliphatic heterocycles. The van der Waals surface area contributed by atoms with Gasteiger partial charge in [-0.25, -0.2) is 0 Å². The minimum absolute atomic E-state index is 0.0375. The van der Waals surface area contributed by atoms with E-state index in [0.29, 0.717) is 32.7 Å². The number of benzene rings is 2. The predicted molar refractivity (Wildman–Crippen MR) is 124 cm³/mol. The molecule has 0 unspecified atom stereocenters. The lowest BCUT2D eigenvalue weighted by atomic mass is 10.1. The summed E-state index contributed by atoms with van der Waals surface area (Å²) in [6.07, 6.45) is 3.00. The fourth-order valence-electron chi connectivity index (χ4n) is 2.72. The minimum Gasteiger partial charge on any atom is -0.457 e. The van der Waals surface area contributed by atoms with Gasteiger partial charge in [-0.15, -0.1) is 6.58 Å². The molecule has 0 radical (unpaired) electrons. The maximum absolute atomic E-state index is 12.6. The summed E-state index contributed by atoms with van der Waals surface area (Å²) in [6, 6.07) is 15.5. The predicted octanol–water partition coefficient (Wildman–Crippen LogP) is 5.63. The van der Waals surface area contributed by atoms with Crippen LogP contribution in [0.3, 0.4) is 0 Å². The average Bonchev–Trinajstić information content (AvgIpc) is 3.20. The first kappa shape index (κ1) is 22.4. The molecule has 3 aromatic rings. The first-order valence-corrected chi connectivity index (χ1v) is 10.2. The zero-order valence-electron chi connectivity index (χ0n) is 16.7. The van der Waals surface area contributed by atoms with Gasteiger partial charge in [-0.1, -0.05) is 47.0 Å². The molecule has 2 amide bonds. The zero-order chi connectivity index (χ0) is 22.4. The molecule has 0 saturated heterocycles. The van der Waals surface area contributed by atoms with E-state index in [-0.39, 0.29) is 12.2 Å². The Bertz CT molecular complexity index is 1150. The van der Waals surface area contributed by atoms with E-state index in [0.717, 1.165) is 5.56 Å². The number of carbonyl (C=O) groups is 2. The van der Waals surface area contributed by atoms with Crippen LogP contribution in [0.1, 0.15) is 21.7 Å². The van der Waals surface area contributed by atoms with Crippen molar-refractivity contribution in [2.75, 3.05) is 6.54 Å². The molecule has 31 heavy (non-hydrogen) atoms. The van der Waals surface area contributed by atoms with Gasteiger partial charge in [0.2, 0.25) is 0 Å². The second-order valence-corrected chi connectivity index (χ2v) is 7.55. The monoisotopic (exact) mass is 454 g/mol. The second-order valence-electron chi connectivity index (χ2n) is 6.70. The molecular weight excluding hydrogens is 435 g/mol. The number of rotatable bonds is 7. The van der Waals surface area contributed by atoms with E-state index in [1.54, 1.807) is 48.5 Å². The molecule has 158 valence electrons. The number of furan rings is 1. The Kier molecular flexibility index (Phi) is 7.34. The summed E-state index contributed by atoms with van der Waals surface area (Å²) in [5.41, 5.74) is 2.16. The molecule has 5 nitrogen and oxygen atoms in total. The Morgan fingerprint density at radius 1 is 1.06 bits per heavy atom. The van der Waals surface area contributed by atoms with Crippen molar-refractivity contribution in [1.82, 2.24) is 10.6 Å². The molecule has 0 aliphatic rings. The molecule has 0 fully saturated rings. The molecule has 2 aromatic carbocycles. The van der Waals surface area contributed by atoms with Crippen LogP contribution in [0.5, 0.6) is 0 Å². The van der Waals surface area contributed by atoms with Crippen molar-refractivity contribution >= 4 is 41.1 Å². The number of hydrogen-bond acceptors (Lipinski definition) is 3. The van der Waals surface area contributed by atoms with E-state index in [1.165, 1.54) is 6.08 Å². The lowest BCUT2D eigenvalue weighted by Crippen LogP contribution is -2.34. The van der Waals surface area contributed by atoms with E-state index < -0.39 is 11.8 Å². The first-order valence-electron chi connectivity index (χ1n) is 9.41. The van der Waals surface area contributed by atoms with E-state index >= 15 is 0 Å². The highest BCUT2D eigenvalue weighted by molar-refractivity contribution is 6.36. The Morgan fingerprint density at radius 3 is 2.48 bits per heavy atom. The lowest BCUT2D eigenvalue weighted by Gasteiger charge is -2.10. The summed E-state index contributed by atoms with van der Waals surface area (Å²) in [4.78, 5) is 25.2. The minimum atomic E-state index is -0.470. The van der Waals surface area contributed by atoms with Gasteiger partial charge < -0.3 is 15.1 Å². The zero-order valence-corrected chi connectivity index (χ0v) is 18.3. The van der Waals surface area contributed by atoms with Gasteiger partial charge in [0.1, 0.15) is 17.2 Å². The number of amides is 2. The molecule has 7 heteroatoms. The number of aryl methyl sites for hydroxylation is 1. The topological polar surface area (TPSA) is 71.3 Å². The van der Waals surface area contributed by atoms with Crippen molar-refractivity contribution in [3.05, 3.63) is 99.9 Å². The normalized spacial score (nSPS) is 11.1. The smallest absolute Gasteiger partial charge is 0.268 e. The van der Waals surface area contributed by atoms with Gasteiger partial charge in [0, 0.05) is 28.8 Å². The quantitative estimate of drug-likeness (QED) is 0.358. The van der Waals surface area contributed by atoms with Gasteiger partial charge in [-0.3, -0.25) is 9.59 Å². The maximum atomic E-state index is 12.6. The number of carbonyl (C=O) groups excluding carboxylic acids is 2. The Balaban J connectivity index is 1.89. The van der Waals surface area contributed by atoms with Crippen LogP contribution < -0.4 is 10.6 Å². The Labute approximate surface area is 190 Å². The molecule has 3 rings (SSSR count). The fraction of sp³-hybridized carbons (Fsp3) is 0.0833. The summed E-state index contributed by atoms with van der Waals surface area (Å²) < 4.78 is 5.82. The largest absolute Gasteiger partial charge is 0.457 e. The van der Waals surface area contributed by atoms with Crippen molar-refractivity contribution in [2.24, 2.45) is 0 Å². The van der Waals surface area contributed by atoms with E-state index in [4.69, 9.17) is 27.6 Å². The molecule has 0 spiro atoms. The van der Waals surface area contributed by atoms with Crippen LogP contribution in [0.2, 0.25) is 10.0 Å². The van der Waals surface area contributed by atoms with Crippen LogP contribution in [0, 0.1) is 6.92 Å². The summed E-state index contributed by atoms with van der Waals surface area (Å²) in [6.45, 7) is 5.76. The Morgan fingerprint density at radius 2 is 1.81 bits per heavy atom. The van der Waals surface area contributed by atoms with Crippen LogP contribution in [0.4, 0.5) is 0 Å². The summed E-state index contributed by atoms with van der Waals surface area (Å²) >= 11 is 12.2. The average molecular weight is 455 g/mol. The van der Waals surface area contributed by atoms with E-state index in [9.17, 15) is 9.59 Å². The van der Waals surface area contributed by atoms with Crippen molar-refractivity contribution in [2.45, 2.75) is 6.92 Å². The van der Waals surface area contributed by atoms with Gasteiger partial charge in [0.25, 0.3) is 11.8 Å². The lowest BCUT2D eigenvalue weighted by molar-refractivity contribution is -0.117. The summed E-state index contributed by atoms with van der Waals surface area (Å²) in [5, 5.41) is 6.26. The molecule has 0 saturated carbocycles. The second kappa shape index (κ2) is 10.2. The van der Waals surface area contributed by atoms with Crippen molar-refractivity contribution in [3.8, 4) is 11.3 Å². The van der Waals surface area contributed by atoms with Crippen molar-refractivity contribution < 1.29 is 14.0 Å². The molecule has 1 aromatic heterocycles. The first-order chi connectivity index (χ1) is 14.9. The molecule has 1 heterocycles. The van der Waals surface area contributed by atoms with Gasteiger partial charge in [0.15, 0.2) is 0 Å². The van der Waals surface area contributed by atoms with Crippen LogP contribution in [0.15, 0.2) is 77.4 Å². The van der Waals surface area contributed by atoms with Crippen LogP contribution in [0.25, 0.3) is 17.4 Å². The molecule has 0 atom stereocenters.